The molecule has 11 heavy (non-hydrogen) atoms. The predicted octanol–water partition coefficient (Wildman–Crippen LogP) is 1.05. The van der Waals surface area contributed by atoms with Crippen LogP contribution >= 0.6 is 12.4 Å². The number of hydrogen-bond donors (Lipinski definition) is 1. The van der Waals surface area contributed by atoms with Crippen molar-refractivity contribution in [3.05, 3.63) is 0 Å². The summed E-state index contributed by atoms with van der Waals surface area (Å²) in [5.41, 5.74) is 0. The summed E-state index contributed by atoms with van der Waals surface area (Å²) in [5, 5.41) is 2.84. The molecule has 0 aromatic rings. The number of ether oxygens (including phenoxy) is 1. The highest BCUT2D eigenvalue weighted by Gasteiger charge is 2.35. The molecule has 0 amide bonds. The summed E-state index contributed by atoms with van der Waals surface area (Å²) in [7, 11) is 0. The molecule has 2 nitrogen and oxygen atoms in total. The largest absolute Gasteiger partial charge is 0.369 e. The monoisotopic (exact) mass is 187 g/mol. The molecule has 1 saturated heterocycles. The van der Waals surface area contributed by atoms with Crippen molar-refractivity contribution in [2.75, 3.05) is 19.7 Å². The molecule has 0 spiro atoms. The van der Waals surface area contributed by atoms with Gasteiger partial charge in [-0.15, -0.1) is 12.4 Å². The highest BCUT2D eigenvalue weighted by Crippen LogP contribution is 2.20. The van der Waals surface area contributed by atoms with E-state index in [1.54, 1.807) is 0 Å². The summed E-state index contributed by atoms with van der Waals surface area (Å²) in [6.45, 7) is 2.19. The van der Waals surface area contributed by atoms with Crippen LogP contribution in [0.1, 0.15) is 6.92 Å². The Labute approximate surface area is 70.7 Å². The summed E-state index contributed by atoms with van der Waals surface area (Å²) in [6.07, 6.45) is -0.943. The van der Waals surface area contributed by atoms with Gasteiger partial charge in [0.05, 0.1) is 6.61 Å². The molecule has 1 heterocycles. The van der Waals surface area contributed by atoms with Crippen molar-refractivity contribution < 1.29 is 13.5 Å². The predicted molar refractivity (Wildman–Crippen MR) is 40.5 cm³/mol. The van der Waals surface area contributed by atoms with Crippen LogP contribution in [0.15, 0.2) is 0 Å². The van der Waals surface area contributed by atoms with Gasteiger partial charge in [0.1, 0.15) is 6.10 Å². The van der Waals surface area contributed by atoms with E-state index >= 15 is 0 Å². The third-order valence-corrected chi connectivity index (χ3v) is 1.49. The number of rotatable bonds is 1. The van der Waals surface area contributed by atoms with Gasteiger partial charge in [-0.3, -0.25) is 0 Å². The zero-order valence-corrected chi connectivity index (χ0v) is 7.09. The van der Waals surface area contributed by atoms with E-state index in [9.17, 15) is 8.78 Å². The van der Waals surface area contributed by atoms with Gasteiger partial charge in [0, 0.05) is 20.0 Å². The van der Waals surface area contributed by atoms with Gasteiger partial charge in [0.15, 0.2) is 0 Å². The Bertz CT molecular complexity index is 112. The van der Waals surface area contributed by atoms with Crippen molar-refractivity contribution in [3.8, 4) is 0 Å². The quantitative estimate of drug-likeness (QED) is 0.663. The smallest absolute Gasteiger partial charge is 0.272 e. The van der Waals surface area contributed by atoms with Crippen molar-refractivity contribution in [1.82, 2.24) is 5.32 Å². The number of hydrogen-bond acceptors (Lipinski definition) is 2. The van der Waals surface area contributed by atoms with E-state index in [1.807, 2.05) is 0 Å². The van der Waals surface area contributed by atoms with Crippen LogP contribution < -0.4 is 5.32 Å². The lowest BCUT2D eigenvalue weighted by atomic mass is 10.2. The van der Waals surface area contributed by atoms with Crippen molar-refractivity contribution >= 4 is 12.4 Å². The van der Waals surface area contributed by atoms with Crippen molar-refractivity contribution in [1.29, 1.82) is 0 Å². The SMILES string of the molecule is CC(F)(F)C1CNCCO1.Cl. The minimum Gasteiger partial charge on any atom is -0.369 e. The lowest BCUT2D eigenvalue weighted by molar-refractivity contribution is -0.134. The summed E-state index contributed by atoms with van der Waals surface area (Å²) >= 11 is 0. The number of halogens is 3. The molecule has 1 fully saturated rings. The first-order valence-electron chi connectivity index (χ1n) is 3.31. The first kappa shape index (κ1) is 11.1. The highest BCUT2D eigenvalue weighted by atomic mass is 35.5. The number of nitrogens with one attached hydrogen (secondary N) is 1. The maximum atomic E-state index is 12.4. The molecular weight excluding hydrogens is 176 g/mol. The molecule has 0 aromatic carbocycles. The van der Waals surface area contributed by atoms with E-state index in [0.29, 0.717) is 13.2 Å². The average Bonchev–Trinajstić information content (AvgIpc) is 1.88. The van der Waals surface area contributed by atoms with Gasteiger partial charge in [-0.25, -0.2) is 8.78 Å². The molecule has 1 unspecified atom stereocenters. The van der Waals surface area contributed by atoms with E-state index in [2.05, 4.69) is 5.32 Å². The van der Waals surface area contributed by atoms with Crippen molar-refractivity contribution in [2.24, 2.45) is 0 Å². The molecule has 0 bridgehead atoms. The maximum Gasteiger partial charge on any atom is 0.272 e. The summed E-state index contributed by atoms with van der Waals surface area (Å²) < 4.78 is 29.7. The summed E-state index contributed by atoms with van der Waals surface area (Å²) in [6, 6.07) is 0. The molecule has 68 valence electrons. The molecule has 1 atom stereocenters. The zero-order valence-electron chi connectivity index (χ0n) is 6.27. The van der Waals surface area contributed by atoms with E-state index in [0.717, 1.165) is 6.92 Å². The van der Waals surface area contributed by atoms with Crippen LogP contribution in [-0.2, 0) is 4.74 Å². The summed E-state index contributed by atoms with van der Waals surface area (Å²) in [5.74, 6) is -2.71. The van der Waals surface area contributed by atoms with Crippen molar-refractivity contribution in [3.63, 3.8) is 0 Å². The lowest BCUT2D eigenvalue weighted by Gasteiger charge is -2.27. The Morgan fingerprint density at radius 1 is 1.55 bits per heavy atom. The van der Waals surface area contributed by atoms with Gasteiger partial charge in [0.2, 0.25) is 0 Å². The van der Waals surface area contributed by atoms with Gasteiger partial charge in [-0.2, -0.15) is 0 Å². The second-order valence-electron chi connectivity index (χ2n) is 2.52. The molecular formula is C6H12ClF2NO. The third-order valence-electron chi connectivity index (χ3n) is 1.49. The van der Waals surface area contributed by atoms with Gasteiger partial charge in [-0.1, -0.05) is 0 Å². The van der Waals surface area contributed by atoms with Crippen LogP contribution in [0.2, 0.25) is 0 Å². The normalized spacial score (nSPS) is 25.9. The van der Waals surface area contributed by atoms with Crippen molar-refractivity contribution in [2.45, 2.75) is 19.0 Å². The van der Waals surface area contributed by atoms with Crippen LogP contribution in [0.25, 0.3) is 0 Å². The Balaban J connectivity index is 0.000001000. The third kappa shape index (κ3) is 3.31. The molecule has 0 aliphatic carbocycles. The fourth-order valence-corrected chi connectivity index (χ4v) is 0.891. The fraction of sp³-hybridized carbons (Fsp3) is 1.00. The molecule has 1 aliphatic heterocycles. The fourth-order valence-electron chi connectivity index (χ4n) is 0.891. The van der Waals surface area contributed by atoms with Crippen LogP contribution in [0.5, 0.6) is 0 Å². The molecule has 1 N–H and O–H groups in total. The molecule has 0 saturated carbocycles. The second-order valence-corrected chi connectivity index (χ2v) is 2.52. The van der Waals surface area contributed by atoms with E-state index in [1.165, 1.54) is 0 Å². The molecule has 1 rings (SSSR count). The van der Waals surface area contributed by atoms with Crippen LogP contribution in [-0.4, -0.2) is 31.7 Å². The lowest BCUT2D eigenvalue weighted by Crippen LogP contribution is -2.47. The summed E-state index contributed by atoms with van der Waals surface area (Å²) in [4.78, 5) is 0. The molecule has 1 aliphatic rings. The minimum absolute atomic E-state index is 0. The van der Waals surface area contributed by atoms with E-state index in [4.69, 9.17) is 4.74 Å². The second kappa shape index (κ2) is 4.18. The Morgan fingerprint density at radius 3 is 2.45 bits per heavy atom. The number of alkyl halides is 2. The van der Waals surface area contributed by atoms with E-state index < -0.39 is 12.0 Å². The molecule has 0 aromatic heterocycles. The zero-order chi connectivity index (χ0) is 7.61. The van der Waals surface area contributed by atoms with Gasteiger partial charge in [0.25, 0.3) is 5.92 Å². The van der Waals surface area contributed by atoms with Gasteiger partial charge < -0.3 is 10.1 Å². The van der Waals surface area contributed by atoms with E-state index in [-0.39, 0.29) is 19.0 Å². The van der Waals surface area contributed by atoms with Crippen LogP contribution in [0, 0.1) is 0 Å². The van der Waals surface area contributed by atoms with Crippen LogP contribution in [0.4, 0.5) is 8.78 Å². The first-order valence-corrected chi connectivity index (χ1v) is 3.31. The molecule has 0 radical (unpaired) electrons. The Hall–Kier alpha value is 0.0700. The van der Waals surface area contributed by atoms with Crippen LogP contribution in [0.3, 0.4) is 0 Å². The maximum absolute atomic E-state index is 12.4. The molecule has 5 heteroatoms. The highest BCUT2D eigenvalue weighted by molar-refractivity contribution is 5.85. The topological polar surface area (TPSA) is 21.3 Å². The standard InChI is InChI=1S/C6H11F2NO.ClH/c1-6(7,8)5-4-9-2-3-10-5;/h5,9H,2-4H2,1H3;1H. The number of morpholine rings is 1. The minimum atomic E-state index is -2.71. The average molecular weight is 188 g/mol. The van der Waals surface area contributed by atoms with Gasteiger partial charge in [-0.05, 0) is 0 Å². The Kier molecular flexibility index (Phi) is 4.21. The van der Waals surface area contributed by atoms with Gasteiger partial charge >= 0.3 is 0 Å². The first-order chi connectivity index (χ1) is 4.61. The Morgan fingerprint density at radius 2 is 2.18 bits per heavy atom.